The Bertz CT molecular complexity index is 707. The Kier molecular flexibility index (Phi) is 4.54. The van der Waals surface area contributed by atoms with Crippen LogP contribution >= 0.6 is 38.6 Å². The molecule has 3 aromatic heterocycles. The number of hydrogen-bond acceptors (Lipinski definition) is 6. The molecule has 0 saturated carbocycles. The first-order valence-corrected chi connectivity index (χ1v) is 8.94. The summed E-state index contributed by atoms with van der Waals surface area (Å²) in [5.74, 6) is 1.25. The van der Waals surface area contributed by atoms with Crippen molar-refractivity contribution in [1.82, 2.24) is 15.1 Å². The molecule has 0 N–H and O–H groups in total. The van der Waals surface area contributed by atoms with Gasteiger partial charge >= 0.3 is 0 Å². The van der Waals surface area contributed by atoms with Crippen LogP contribution < -0.4 is 0 Å². The molecule has 4 nitrogen and oxygen atoms in total. The van der Waals surface area contributed by atoms with Gasteiger partial charge in [0.15, 0.2) is 0 Å². The van der Waals surface area contributed by atoms with E-state index < -0.39 is 0 Å². The number of rotatable bonds is 5. The highest BCUT2D eigenvalue weighted by atomic mass is 79.9. The average Bonchev–Trinajstić information content (AvgIpc) is 3.18. The SMILES string of the molecule is CC(c1nnc(-c2cccs2)o1)N(C)Cc1ccc(Br)s1. The van der Waals surface area contributed by atoms with Gasteiger partial charge in [0.1, 0.15) is 0 Å². The van der Waals surface area contributed by atoms with Crippen LogP contribution in [0.4, 0.5) is 0 Å². The summed E-state index contributed by atoms with van der Waals surface area (Å²) in [6, 6.07) is 8.24. The maximum atomic E-state index is 5.79. The molecule has 0 spiro atoms. The van der Waals surface area contributed by atoms with Crippen LogP contribution in [0.3, 0.4) is 0 Å². The molecule has 0 fully saturated rings. The van der Waals surface area contributed by atoms with Gasteiger partial charge in [0, 0.05) is 11.4 Å². The second kappa shape index (κ2) is 6.39. The van der Waals surface area contributed by atoms with E-state index in [0.717, 1.165) is 15.2 Å². The maximum Gasteiger partial charge on any atom is 0.257 e. The van der Waals surface area contributed by atoms with Crippen molar-refractivity contribution in [3.8, 4) is 10.8 Å². The van der Waals surface area contributed by atoms with Gasteiger partial charge in [0.05, 0.1) is 14.7 Å². The molecule has 0 aliphatic rings. The molecule has 0 aromatic carbocycles. The first-order chi connectivity index (χ1) is 10.1. The van der Waals surface area contributed by atoms with Crippen LogP contribution in [0.1, 0.15) is 23.7 Å². The molecule has 0 aliphatic heterocycles. The molecule has 1 atom stereocenters. The van der Waals surface area contributed by atoms with Crippen LogP contribution in [0.5, 0.6) is 0 Å². The van der Waals surface area contributed by atoms with E-state index in [2.05, 4.69) is 57.1 Å². The zero-order valence-electron chi connectivity index (χ0n) is 11.6. The van der Waals surface area contributed by atoms with Gasteiger partial charge in [-0.1, -0.05) is 6.07 Å². The van der Waals surface area contributed by atoms with Crippen molar-refractivity contribution in [1.29, 1.82) is 0 Å². The predicted molar refractivity (Wildman–Crippen MR) is 89.5 cm³/mol. The van der Waals surface area contributed by atoms with E-state index in [1.807, 2.05) is 17.5 Å². The fourth-order valence-electron chi connectivity index (χ4n) is 1.91. The first-order valence-electron chi connectivity index (χ1n) is 6.45. The van der Waals surface area contributed by atoms with Crippen molar-refractivity contribution < 1.29 is 4.42 Å². The molecule has 110 valence electrons. The second-order valence-corrected chi connectivity index (χ2v) is 8.21. The van der Waals surface area contributed by atoms with Gasteiger partial charge in [0.25, 0.3) is 5.89 Å². The van der Waals surface area contributed by atoms with Gasteiger partial charge < -0.3 is 4.42 Å². The third-order valence-corrected chi connectivity index (χ3v) is 5.69. The molecule has 3 heterocycles. The minimum absolute atomic E-state index is 0.0760. The standard InChI is InChI=1S/C14H14BrN3OS2/c1-9(18(2)8-10-5-6-12(15)21-10)13-16-17-14(19-13)11-4-3-7-20-11/h3-7,9H,8H2,1-2H3. The lowest BCUT2D eigenvalue weighted by Crippen LogP contribution is -2.21. The van der Waals surface area contributed by atoms with Gasteiger partial charge in [-0.05, 0) is 53.5 Å². The summed E-state index contributed by atoms with van der Waals surface area (Å²) in [6.45, 7) is 2.93. The Hall–Kier alpha value is -1.02. The Labute approximate surface area is 139 Å². The number of thiophene rings is 2. The third-order valence-electron chi connectivity index (χ3n) is 3.23. The fraction of sp³-hybridized carbons (Fsp3) is 0.286. The smallest absolute Gasteiger partial charge is 0.257 e. The first kappa shape index (κ1) is 14.9. The van der Waals surface area contributed by atoms with Crippen molar-refractivity contribution in [3.63, 3.8) is 0 Å². The molecule has 1 unspecified atom stereocenters. The molecule has 21 heavy (non-hydrogen) atoms. The quantitative estimate of drug-likeness (QED) is 0.633. The lowest BCUT2D eigenvalue weighted by molar-refractivity contribution is 0.220. The summed E-state index contributed by atoms with van der Waals surface area (Å²) in [7, 11) is 2.06. The molecular formula is C14H14BrN3OS2. The van der Waals surface area contributed by atoms with Crippen molar-refractivity contribution in [3.05, 3.63) is 44.2 Å². The summed E-state index contributed by atoms with van der Waals surface area (Å²) in [5.41, 5.74) is 0. The van der Waals surface area contributed by atoms with E-state index in [-0.39, 0.29) is 6.04 Å². The highest BCUT2D eigenvalue weighted by Crippen LogP contribution is 2.28. The van der Waals surface area contributed by atoms with Crippen LogP contribution in [-0.4, -0.2) is 22.1 Å². The van der Waals surface area contributed by atoms with Gasteiger partial charge in [0.2, 0.25) is 5.89 Å². The van der Waals surface area contributed by atoms with Gasteiger partial charge in [-0.3, -0.25) is 4.90 Å². The topological polar surface area (TPSA) is 42.2 Å². The summed E-state index contributed by atoms with van der Waals surface area (Å²) in [5, 5.41) is 10.3. The zero-order chi connectivity index (χ0) is 14.8. The number of hydrogen-bond donors (Lipinski definition) is 0. The monoisotopic (exact) mass is 383 g/mol. The lowest BCUT2D eigenvalue weighted by Gasteiger charge is -2.20. The minimum Gasteiger partial charge on any atom is -0.418 e. The number of nitrogens with zero attached hydrogens (tertiary/aromatic N) is 3. The molecular weight excluding hydrogens is 370 g/mol. The predicted octanol–water partition coefficient (Wildman–Crippen LogP) is 4.82. The highest BCUT2D eigenvalue weighted by Gasteiger charge is 2.20. The maximum absolute atomic E-state index is 5.79. The van der Waals surface area contributed by atoms with E-state index in [9.17, 15) is 0 Å². The van der Waals surface area contributed by atoms with Crippen molar-refractivity contribution in [2.45, 2.75) is 19.5 Å². The summed E-state index contributed by atoms with van der Waals surface area (Å²) < 4.78 is 6.94. The Morgan fingerprint density at radius 3 is 2.86 bits per heavy atom. The molecule has 0 bridgehead atoms. The van der Waals surface area contributed by atoms with Crippen LogP contribution in [0.15, 0.2) is 37.8 Å². The Morgan fingerprint density at radius 2 is 2.19 bits per heavy atom. The number of aromatic nitrogens is 2. The lowest BCUT2D eigenvalue weighted by atomic mass is 10.3. The van der Waals surface area contributed by atoms with Crippen LogP contribution in [0.2, 0.25) is 0 Å². The summed E-state index contributed by atoms with van der Waals surface area (Å²) in [6.07, 6.45) is 0. The largest absolute Gasteiger partial charge is 0.418 e. The van der Waals surface area contributed by atoms with E-state index in [0.29, 0.717) is 11.8 Å². The van der Waals surface area contributed by atoms with Crippen LogP contribution in [0.25, 0.3) is 10.8 Å². The second-order valence-electron chi connectivity index (χ2n) is 4.72. The van der Waals surface area contributed by atoms with Gasteiger partial charge in [-0.25, -0.2) is 0 Å². The van der Waals surface area contributed by atoms with Crippen LogP contribution in [-0.2, 0) is 6.54 Å². The molecule has 3 aromatic rings. The van der Waals surface area contributed by atoms with E-state index in [1.165, 1.54) is 4.88 Å². The fourth-order valence-corrected chi connectivity index (χ4v) is 4.10. The summed E-state index contributed by atoms with van der Waals surface area (Å²) >= 11 is 6.83. The van der Waals surface area contributed by atoms with E-state index in [1.54, 1.807) is 22.7 Å². The minimum atomic E-state index is 0.0760. The summed E-state index contributed by atoms with van der Waals surface area (Å²) in [4.78, 5) is 4.50. The molecule has 0 aliphatic carbocycles. The molecule has 0 radical (unpaired) electrons. The Balaban J connectivity index is 1.71. The average molecular weight is 384 g/mol. The van der Waals surface area contributed by atoms with Crippen LogP contribution in [0, 0.1) is 0 Å². The van der Waals surface area contributed by atoms with Gasteiger partial charge in [-0.2, -0.15) is 0 Å². The molecule has 0 amide bonds. The normalized spacial score (nSPS) is 13.0. The highest BCUT2D eigenvalue weighted by molar-refractivity contribution is 9.11. The van der Waals surface area contributed by atoms with E-state index in [4.69, 9.17) is 4.42 Å². The zero-order valence-corrected chi connectivity index (χ0v) is 14.8. The van der Waals surface area contributed by atoms with Crippen molar-refractivity contribution in [2.24, 2.45) is 0 Å². The number of halogens is 1. The molecule has 3 rings (SSSR count). The van der Waals surface area contributed by atoms with Crippen molar-refractivity contribution in [2.75, 3.05) is 7.05 Å². The van der Waals surface area contributed by atoms with Gasteiger partial charge in [-0.15, -0.1) is 32.9 Å². The third kappa shape index (κ3) is 3.42. The van der Waals surface area contributed by atoms with Crippen molar-refractivity contribution >= 4 is 38.6 Å². The molecule has 7 heteroatoms. The molecule has 0 saturated heterocycles. The van der Waals surface area contributed by atoms with E-state index >= 15 is 0 Å². The Morgan fingerprint density at radius 1 is 1.33 bits per heavy atom.